The molecule has 7 nitrogen and oxygen atoms in total. The van der Waals surface area contributed by atoms with Gasteiger partial charge in [-0.1, -0.05) is 23.7 Å². The first-order valence-corrected chi connectivity index (χ1v) is 9.85. The first-order valence-electron chi connectivity index (χ1n) is 8.03. The Balaban J connectivity index is 1.72. The second-order valence-electron chi connectivity index (χ2n) is 6.01. The molecule has 1 aliphatic rings. The summed E-state index contributed by atoms with van der Waals surface area (Å²) in [6.45, 7) is 2.32. The Morgan fingerprint density at radius 1 is 1.12 bits per heavy atom. The van der Waals surface area contributed by atoms with Gasteiger partial charge in [0.25, 0.3) is 5.91 Å². The van der Waals surface area contributed by atoms with E-state index in [-0.39, 0.29) is 42.8 Å². The number of amides is 1. The molecule has 1 saturated heterocycles. The summed E-state index contributed by atoms with van der Waals surface area (Å²) in [6, 6.07) is 7.54. The average molecular weight is 396 g/mol. The lowest BCUT2D eigenvalue weighted by Crippen LogP contribution is -2.50. The Labute approximate surface area is 156 Å². The molecule has 2 aromatic rings. The molecule has 0 saturated carbocycles. The van der Waals surface area contributed by atoms with Crippen molar-refractivity contribution in [2.45, 2.75) is 11.8 Å². The number of Topliss-reactive ketones (excluding diaryl/α,β-unsaturated/α-hetero) is 1. The molecule has 1 aromatic heterocycles. The monoisotopic (exact) mass is 395 g/mol. The molecule has 1 fully saturated rings. The van der Waals surface area contributed by atoms with Crippen molar-refractivity contribution < 1.29 is 18.0 Å². The lowest BCUT2D eigenvalue weighted by molar-refractivity contribution is 0.0692. The molecule has 1 aliphatic heterocycles. The second-order valence-corrected chi connectivity index (χ2v) is 8.39. The van der Waals surface area contributed by atoms with Gasteiger partial charge in [0.1, 0.15) is 5.69 Å². The summed E-state index contributed by atoms with van der Waals surface area (Å²) in [7, 11) is -3.71. The van der Waals surface area contributed by atoms with Gasteiger partial charge in [-0.3, -0.25) is 9.59 Å². The molecular weight excluding hydrogens is 378 g/mol. The zero-order chi connectivity index (χ0) is 18.9. The molecule has 3 rings (SSSR count). The highest BCUT2D eigenvalue weighted by Crippen LogP contribution is 2.20. The van der Waals surface area contributed by atoms with Crippen LogP contribution in [0.1, 0.15) is 27.8 Å². The quantitative estimate of drug-likeness (QED) is 0.802. The Morgan fingerprint density at radius 3 is 2.38 bits per heavy atom. The van der Waals surface area contributed by atoms with Crippen LogP contribution in [0.3, 0.4) is 0 Å². The van der Waals surface area contributed by atoms with Gasteiger partial charge in [-0.05, 0) is 25.1 Å². The van der Waals surface area contributed by atoms with Crippen molar-refractivity contribution in [2.24, 2.45) is 0 Å². The van der Waals surface area contributed by atoms with E-state index in [0.29, 0.717) is 16.3 Å². The van der Waals surface area contributed by atoms with Gasteiger partial charge in [0.2, 0.25) is 10.0 Å². The van der Waals surface area contributed by atoms with Gasteiger partial charge < -0.3 is 9.88 Å². The van der Waals surface area contributed by atoms with Crippen LogP contribution in [0.4, 0.5) is 0 Å². The summed E-state index contributed by atoms with van der Waals surface area (Å²) in [6.07, 6.45) is 1.53. The van der Waals surface area contributed by atoms with E-state index in [9.17, 15) is 18.0 Å². The van der Waals surface area contributed by atoms with Crippen LogP contribution in [-0.4, -0.2) is 60.5 Å². The van der Waals surface area contributed by atoms with Crippen LogP contribution in [0.25, 0.3) is 0 Å². The lowest BCUT2D eigenvalue weighted by atomic mass is 10.2. The maximum absolute atomic E-state index is 12.8. The van der Waals surface area contributed by atoms with E-state index in [1.165, 1.54) is 29.6 Å². The van der Waals surface area contributed by atoms with Crippen LogP contribution < -0.4 is 0 Å². The minimum atomic E-state index is -3.71. The van der Waals surface area contributed by atoms with Crippen LogP contribution >= 0.6 is 11.6 Å². The molecule has 1 amide bonds. The number of sulfonamides is 1. The predicted octanol–water partition coefficient (Wildman–Crippen LogP) is 2.02. The van der Waals surface area contributed by atoms with E-state index < -0.39 is 10.0 Å². The standard InChI is InChI=1S/C17H18ClN3O4S/c1-12(22)13-3-2-4-15(9-13)26(24,25)21-7-5-20(6-8-21)17(23)16-10-14(18)11-19-16/h2-4,9-11,19H,5-8H2,1H3. The van der Waals surface area contributed by atoms with Crippen molar-refractivity contribution in [3.63, 3.8) is 0 Å². The number of halogens is 1. The number of carbonyl (C=O) groups excluding carboxylic acids is 2. The van der Waals surface area contributed by atoms with Crippen molar-refractivity contribution in [1.29, 1.82) is 0 Å². The van der Waals surface area contributed by atoms with Gasteiger partial charge in [0.05, 0.1) is 9.92 Å². The largest absolute Gasteiger partial charge is 0.356 e. The SMILES string of the molecule is CC(=O)c1cccc(S(=O)(=O)N2CCN(C(=O)c3cc(Cl)c[nH]3)CC2)c1. The number of rotatable bonds is 4. The number of nitrogens with zero attached hydrogens (tertiary/aromatic N) is 2. The van der Waals surface area contributed by atoms with Crippen LogP contribution in [-0.2, 0) is 10.0 Å². The Morgan fingerprint density at radius 2 is 1.81 bits per heavy atom. The highest BCUT2D eigenvalue weighted by molar-refractivity contribution is 7.89. The summed E-state index contributed by atoms with van der Waals surface area (Å²) in [5, 5.41) is 0.444. The van der Waals surface area contributed by atoms with Gasteiger partial charge in [-0.15, -0.1) is 0 Å². The predicted molar refractivity (Wildman–Crippen MR) is 96.9 cm³/mol. The number of aromatic nitrogens is 1. The molecule has 0 spiro atoms. The van der Waals surface area contributed by atoms with Crippen molar-refractivity contribution in [2.75, 3.05) is 26.2 Å². The fourth-order valence-corrected chi connectivity index (χ4v) is 4.45. The summed E-state index contributed by atoms with van der Waals surface area (Å²) >= 11 is 5.82. The fraction of sp³-hybridized carbons (Fsp3) is 0.294. The molecule has 138 valence electrons. The van der Waals surface area contributed by atoms with Crippen LogP contribution in [0.5, 0.6) is 0 Å². The van der Waals surface area contributed by atoms with E-state index in [1.807, 2.05) is 0 Å². The Hall–Kier alpha value is -2.16. The third-order valence-electron chi connectivity index (χ3n) is 4.28. The molecule has 0 atom stereocenters. The topological polar surface area (TPSA) is 90.6 Å². The van der Waals surface area contributed by atoms with Gasteiger partial charge in [0.15, 0.2) is 5.78 Å². The van der Waals surface area contributed by atoms with Gasteiger partial charge in [0, 0.05) is 37.9 Å². The molecular formula is C17H18ClN3O4S. The maximum atomic E-state index is 12.8. The molecule has 2 heterocycles. The molecule has 26 heavy (non-hydrogen) atoms. The number of ketones is 1. The molecule has 0 aliphatic carbocycles. The van der Waals surface area contributed by atoms with Crippen molar-refractivity contribution in [1.82, 2.24) is 14.2 Å². The summed E-state index contributed by atoms with van der Waals surface area (Å²) in [5.74, 6) is -0.408. The first kappa shape index (κ1) is 18.6. The second kappa shape index (κ2) is 7.22. The van der Waals surface area contributed by atoms with Gasteiger partial charge in [-0.25, -0.2) is 8.42 Å². The molecule has 1 aromatic carbocycles. The van der Waals surface area contributed by atoms with Crippen LogP contribution in [0.2, 0.25) is 5.02 Å². The third-order valence-corrected chi connectivity index (χ3v) is 6.40. The first-order chi connectivity index (χ1) is 12.3. The minimum absolute atomic E-state index is 0.0844. The van der Waals surface area contributed by atoms with E-state index in [4.69, 9.17) is 11.6 Å². The summed E-state index contributed by atoms with van der Waals surface area (Å²) in [4.78, 5) is 28.3. The van der Waals surface area contributed by atoms with Gasteiger partial charge in [-0.2, -0.15) is 4.31 Å². The molecule has 0 radical (unpaired) electrons. The fourth-order valence-electron chi connectivity index (χ4n) is 2.82. The molecule has 0 bridgehead atoms. The number of piperazine rings is 1. The number of carbonyl (C=O) groups is 2. The van der Waals surface area contributed by atoms with Crippen molar-refractivity contribution in [3.05, 3.63) is 52.8 Å². The van der Waals surface area contributed by atoms with E-state index in [1.54, 1.807) is 23.1 Å². The lowest BCUT2D eigenvalue weighted by Gasteiger charge is -2.33. The zero-order valence-electron chi connectivity index (χ0n) is 14.1. The van der Waals surface area contributed by atoms with E-state index >= 15 is 0 Å². The van der Waals surface area contributed by atoms with Crippen LogP contribution in [0.15, 0.2) is 41.4 Å². The highest BCUT2D eigenvalue weighted by atomic mass is 35.5. The van der Waals surface area contributed by atoms with Crippen molar-refractivity contribution in [3.8, 4) is 0 Å². The Bertz CT molecular complexity index is 946. The molecule has 0 unspecified atom stereocenters. The maximum Gasteiger partial charge on any atom is 0.270 e. The van der Waals surface area contributed by atoms with Crippen LogP contribution in [0, 0.1) is 0 Å². The minimum Gasteiger partial charge on any atom is -0.356 e. The molecule has 9 heteroatoms. The number of hydrogen-bond acceptors (Lipinski definition) is 4. The smallest absolute Gasteiger partial charge is 0.270 e. The zero-order valence-corrected chi connectivity index (χ0v) is 15.7. The number of hydrogen-bond donors (Lipinski definition) is 1. The average Bonchev–Trinajstić information content (AvgIpc) is 3.07. The molecule has 1 N–H and O–H groups in total. The van der Waals surface area contributed by atoms with E-state index in [2.05, 4.69) is 4.98 Å². The third kappa shape index (κ3) is 3.67. The van der Waals surface area contributed by atoms with Gasteiger partial charge >= 0.3 is 0 Å². The van der Waals surface area contributed by atoms with E-state index in [0.717, 1.165) is 0 Å². The highest BCUT2D eigenvalue weighted by Gasteiger charge is 2.31. The number of aromatic amines is 1. The van der Waals surface area contributed by atoms with Crippen molar-refractivity contribution >= 4 is 33.3 Å². The Kier molecular flexibility index (Phi) is 5.17. The number of benzene rings is 1. The number of H-pyrrole nitrogens is 1. The normalized spacial score (nSPS) is 15.8. The summed E-state index contributed by atoms with van der Waals surface area (Å²) < 4.78 is 26.9. The summed E-state index contributed by atoms with van der Waals surface area (Å²) in [5.41, 5.74) is 0.726. The number of nitrogens with one attached hydrogen (secondary N) is 1.